The van der Waals surface area contributed by atoms with Crippen LogP contribution in [0.3, 0.4) is 0 Å². The smallest absolute Gasteiger partial charge is 0.259 e. The summed E-state index contributed by atoms with van der Waals surface area (Å²) in [5.41, 5.74) is 0.207. The molecule has 1 saturated heterocycles. The van der Waals surface area contributed by atoms with Crippen molar-refractivity contribution in [2.75, 3.05) is 18.1 Å². The maximum Gasteiger partial charge on any atom is 0.259 e. The maximum absolute atomic E-state index is 13.1. The highest BCUT2D eigenvalue weighted by atomic mass is 79.9. The normalized spacial score (nSPS) is 16.8. The Kier molecular flexibility index (Phi) is 3.02. The lowest BCUT2D eigenvalue weighted by Crippen LogP contribution is -2.46. The number of hydrogen-bond donors (Lipinski definition) is 0. The highest BCUT2D eigenvalue weighted by Crippen LogP contribution is 2.28. The first kappa shape index (κ1) is 11.2. The van der Waals surface area contributed by atoms with Gasteiger partial charge in [-0.05, 0) is 34.1 Å². The van der Waals surface area contributed by atoms with Gasteiger partial charge >= 0.3 is 0 Å². The molecule has 0 unspecified atom stereocenters. The van der Waals surface area contributed by atoms with E-state index < -0.39 is 17.6 Å². The first-order chi connectivity index (χ1) is 7.59. The minimum absolute atomic E-state index is 0.172. The molecule has 0 atom stereocenters. The molecule has 0 N–H and O–H groups in total. The largest absolute Gasteiger partial charge is 0.362 e. The van der Waals surface area contributed by atoms with Crippen LogP contribution in [0.1, 0.15) is 0 Å². The van der Waals surface area contributed by atoms with Crippen molar-refractivity contribution < 1.29 is 18.7 Å². The molecule has 0 bridgehead atoms. The summed E-state index contributed by atoms with van der Waals surface area (Å²) in [4.78, 5) is 23.9. The minimum Gasteiger partial charge on any atom is -0.362 e. The number of imide groups is 1. The number of halogens is 2. The van der Waals surface area contributed by atoms with Gasteiger partial charge in [0.15, 0.2) is 0 Å². The second kappa shape index (κ2) is 4.31. The fourth-order valence-corrected chi connectivity index (χ4v) is 1.84. The number of amides is 2. The topological polar surface area (TPSA) is 46.6 Å². The second-order valence-electron chi connectivity index (χ2n) is 3.21. The molecule has 0 spiro atoms. The average Bonchev–Trinajstić information content (AvgIpc) is 2.23. The van der Waals surface area contributed by atoms with Crippen LogP contribution in [-0.4, -0.2) is 25.0 Å². The standard InChI is InChI=1S/C10H7BrFNO3/c11-7-2-1-6(12)3-8(7)13-9(14)4-16-5-10(13)15/h1-3H,4-5H2. The van der Waals surface area contributed by atoms with E-state index in [-0.39, 0.29) is 18.9 Å². The second-order valence-corrected chi connectivity index (χ2v) is 4.07. The number of anilines is 1. The molecule has 0 aromatic heterocycles. The van der Waals surface area contributed by atoms with Crippen LogP contribution in [0, 0.1) is 5.82 Å². The van der Waals surface area contributed by atoms with Crippen LogP contribution >= 0.6 is 15.9 Å². The molecule has 0 saturated carbocycles. The van der Waals surface area contributed by atoms with E-state index in [0.717, 1.165) is 11.0 Å². The number of morpholine rings is 1. The molecule has 16 heavy (non-hydrogen) atoms. The summed E-state index contributed by atoms with van der Waals surface area (Å²) in [7, 11) is 0. The van der Waals surface area contributed by atoms with Crippen molar-refractivity contribution in [1.82, 2.24) is 0 Å². The molecule has 1 heterocycles. The summed E-state index contributed by atoms with van der Waals surface area (Å²) in [5.74, 6) is -1.50. The Morgan fingerprint density at radius 3 is 2.50 bits per heavy atom. The average molecular weight is 288 g/mol. The SMILES string of the molecule is O=C1COCC(=O)N1c1cc(F)ccc1Br. The van der Waals surface area contributed by atoms with E-state index in [2.05, 4.69) is 15.9 Å². The molecule has 1 aromatic carbocycles. The van der Waals surface area contributed by atoms with Crippen molar-refractivity contribution in [1.29, 1.82) is 0 Å². The Bertz CT molecular complexity index is 447. The van der Waals surface area contributed by atoms with E-state index in [9.17, 15) is 14.0 Å². The Hall–Kier alpha value is -1.27. The quantitative estimate of drug-likeness (QED) is 0.735. The van der Waals surface area contributed by atoms with Crippen molar-refractivity contribution in [2.45, 2.75) is 0 Å². The molecule has 2 rings (SSSR count). The van der Waals surface area contributed by atoms with Gasteiger partial charge in [0, 0.05) is 4.47 Å². The van der Waals surface area contributed by atoms with Crippen LogP contribution in [0.15, 0.2) is 22.7 Å². The van der Waals surface area contributed by atoms with Gasteiger partial charge in [0.2, 0.25) is 0 Å². The first-order valence-electron chi connectivity index (χ1n) is 4.48. The van der Waals surface area contributed by atoms with E-state index in [0.29, 0.717) is 4.47 Å². The molecule has 4 nitrogen and oxygen atoms in total. The van der Waals surface area contributed by atoms with E-state index in [1.54, 1.807) is 0 Å². The Morgan fingerprint density at radius 1 is 1.25 bits per heavy atom. The zero-order valence-electron chi connectivity index (χ0n) is 8.07. The third kappa shape index (κ3) is 1.98. The summed E-state index contributed by atoms with van der Waals surface area (Å²) in [5, 5.41) is 0. The molecule has 6 heteroatoms. The zero-order valence-corrected chi connectivity index (χ0v) is 9.66. The Balaban J connectivity index is 2.45. The highest BCUT2D eigenvalue weighted by molar-refractivity contribution is 9.10. The monoisotopic (exact) mass is 287 g/mol. The van der Waals surface area contributed by atoms with Gasteiger partial charge in [-0.2, -0.15) is 0 Å². The fourth-order valence-electron chi connectivity index (χ4n) is 1.42. The van der Waals surface area contributed by atoms with Crippen LogP contribution < -0.4 is 4.90 Å². The number of hydrogen-bond acceptors (Lipinski definition) is 3. The van der Waals surface area contributed by atoms with Crippen molar-refractivity contribution >= 4 is 33.4 Å². The van der Waals surface area contributed by atoms with E-state index in [1.807, 2.05) is 0 Å². The highest BCUT2D eigenvalue weighted by Gasteiger charge is 2.29. The lowest BCUT2D eigenvalue weighted by molar-refractivity contribution is -0.138. The summed E-state index contributed by atoms with van der Waals surface area (Å²) < 4.78 is 18.3. The Morgan fingerprint density at radius 2 is 1.88 bits per heavy atom. The lowest BCUT2D eigenvalue weighted by Gasteiger charge is -2.25. The molecule has 2 amide bonds. The van der Waals surface area contributed by atoms with E-state index >= 15 is 0 Å². The van der Waals surface area contributed by atoms with Gasteiger partial charge in [0.1, 0.15) is 19.0 Å². The van der Waals surface area contributed by atoms with Gasteiger partial charge in [-0.15, -0.1) is 0 Å². The number of carbonyl (C=O) groups is 2. The van der Waals surface area contributed by atoms with Crippen LogP contribution in [0.5, 0.6) is 0 Å². The maximum atomic E-state index is 13.1. The third-order valence-electron chi connectivity index (χ3n) is 2.10. The van der Waals surface area contributed by atoms with Crippen LogP contribution in [0.2, 0.25) is 0 Å². The van der Waals surface area contributed by atoms with Crippen LogP contribution in [-0.2, 0) is 14.3 Å². The predicted molar refractivity (Wildman–Crippen MR) is 57.4 cm³/mol. The van der Waals surface area contributed by atoms with Crippen molar-refractivity contribution in [3.63, 3.8) is 0 Å². The lowest BCUT2D eigenvalue weighted by atomic mass is 10.2. The number of rotatable bonds is 1. The van der Waals surface area contributed by atoms with Gasteiger partial charge in [-0.25, -0.2) is 9.29 Å². The van der Waals surface area contributed by atoms with Crippen LogP contribution in [0.4, 0.5) is 10.1 Å². The molecule has 84 valence electrons. The molecule has 0 aliphatic carbocycles. The summed E-state index contributed by atoms with van der Waals surface area (Å²) >= 11 is 3.17. The summed E-state index contributed by atoms with van der Waals surface area (Å²) in [6, 6.07) is 3.81. The number of nitrogens with zero attached hydrogens (tertiary/aromatic N) is 1. The fraction of sp³-hybridized carbons (Fsp3) is 0.200. The van der Waals surface area contributed by atoms with Crippen LogP contribution in [0.25, 0.3) is 0 Å². The number of ether oxygens (including phenoxy) is 1. The van der Waals surface area contributed by atoms with Gasteiger partial charge in [0.25, 0.3) is 11.8 Å². The first-order valence-corrected chi connectivity index (χ1v) is 5.27. The molecular weight excluding hydrogens is 281 g/mol. The van der Waals surface area contributed by atoms with Gasteiger partial charge in [0.05, 0.1) is 5.69 Å². The summed E-state index contributed by atoms with van der Waals surface area (Å²) in [6.45, 7) is -0.344. The van der Waals surface area contributed by atoms with E-state index in [1.165, 1.54) is 12.1 Å². The molecule has 1 aliphatic rings. The zero-order chi connectivity index (χ0) is 11.7. The summed E-state index contributed by atoms with van der Waals surface area (Å²) in [6.07, 6.45) is 0. The number of benzene rings is 1. The molecular formula is C10H7BrFNO3. The molecule has 1 aromatic rings. The predicted octanol–water partition coefficient (Wildman–Crippen LogP) is 1.48. The van der Waals surface area contributed by atoms with Crippen molar-refractivity contribution in [3.05, 3.63) is 28.5 Å². The Labute approximate surface area is 99.1 Å². The van der Waals surface area contributed by atoms with Gasteiger partial charge in [-0.1, -0.05) is 0 Å². The molecule has 0 radical (unpaired) electrons. The van der Waals surface area contributed by atoms with Crippen molar-refractivity contribution in [2.24, 2.45) is 0 Å². The minimum atomic E-state index is -0.509. The third-order valence-corrected chi connectivity index (χ3v) is 2.77. The molecule has 1 fully saturated rings. The number of carbonyl (C=O) groups excluding carboxylic acids is 2. The molecule has 1 aliphatic heterocycles. The van der Waals surface area contributed by atoms with Gasteiger partial charge < -0.3 is 4.74 Å². The van der Waals surface area contributed by atoms with Crippen molar-refractivity contribution in [3.8, 4) is 0 Å². The van der Waals surface area contributed by atoms with Gasteiger partial charge in [-0.3, -0.25) is 9.59 Å². The van der Waals surface area contributed by atoms with E-state index in [4.69, 9.17) is 4.74 Å².